The molecule has 17 heavy (non-hydrogen) atoms. The van der Waals surface area contributed by atoms with E-state index >= 15 is 0 Å². The van der Waals surface area contributed by atoms with Crippen molar-refractivity contribution in [3.63, 3.8) is 0 Å². The summed E-state index contributed by atoms with van der Waals surface area (Å²) in [5.41, 5.74) is 1.07. The number of hydrogen-bond acceptors (Lipinski definition) is 2. The van der Waals surface area contributed by atoms with E-state index in [9.17, 15) is 0 Å². The molecule has 0 aliphatic heterocycles. The lowest BCUT2D eigenvalue weighted by atomic mass is 10.2. The van der Waals surface area contributed by atoms with Crippen LogP contribution in [-0.4, -0.2) is 36.7 Å². The van der Waals surface area contributed by atoms with Gasteiger partial charge in [0.1, 0.15) is 5.75 Å². The molecule has 2 aromatic rings. The number of hydrogen-bond donors (Lipinski definition) is 0. The molecule has 1 aromatic carbocycles. The van der Waals surface area contributed by atoms with E-state index in [1.165, 1.54) is 0 Å². The van der Waals surface area contributed by atoms with Crippen molar-refractivity contribution in [3.05, 3.63) is 30.5 Å². The van der Waals surface area contributed by atoms with Crippen LogP contribution in [0.3, 0.4) is 0 Å². The predicted octanol–water partition coefficient (Wildman–Crippen LogP) is 2.60. The van der Waals surface area contributed by atoms with Crippen LogP contribution >= 0.6 is 0 Å². The van der Waals surface area contributed by atoms with Gasteiger partial charge in [0.2, 0.25) is 0 Å². The highest BCUT2D eigenvalue weighted by Gasteiger charge is 2.08. The van der Waals surface area contributed by atoms with Gasteiger partial charge in [-0.15, -0.1) is 0 Å². The summed E-state index contributed by atoms with van der Waals surface area (Å²) in [6.07, 6.45) is 1.97. The second-order valence-electron chi connectivity index (χ2n) is 4.50. The topological polar surface area (TPSA) is 17.4 Å². The van der Waals surface area contributed by atoms with E-state index in [0.29, 0.717) is 0 Å². The molecular formula is C14H20N2O. The van der Waals surface area contributed by atoms with E-state index in [2.05, 4.69) is 11.8 Å². The molecule has 0 N–H and O–H groups in total. The largest absolute Gasteiger partial charge is 0.497 e. The van der Waals surface area contributed by atoms with Gasteiger partial charge in [-0.05, 0) is 45.3 Å². The third-order valence-corrected chi connectivity index (χ3v) is 3.12. The van der Waals surface area contributed by atoms with Crippen LogP contribution in [0.5, 0.6) is 5.75 Å². The Hall–Kier alpha value is -1.48. The van der Waals surface area contributed by atoms with Crippen LogP contribution in [-0.2, 0) is 6.52 Å². The Kier molecular flexibility index (Phi) is 3.01. The summed E-state index contributed by atoms with van der Waals surface area (Å²) < 4.78 is 15.5. The van der Waals surface area contributed by atoms with Crippen LogP contribution in [0.1, 0.15) is 8.29 Å². The summed E-state index contributed by atoms with van der Waals surface area (Å²) >= 11 is 0. The number of likely N-dealkylation sites (N-methyl/N-ethyl adjacent to an activating group) is 1. The fourth-order valence-corrected chi connectivity index (χ4v) is 1.76. The van der Waals surface area contributed by atoms with Crippen molar-refractivity contribution in [2.75, 3.05) is 21.2 Å². The molecule has 3 nitrogen and oxygen atoms in total. The first-order chi connectivity index (χ1) is 8.54. The molecule has 92 valence electrons. The Morgan fingerprint density at radius 3 is 2.82 bits per heavy atom. The van der Waals surface area contributed by atoms with Crippen LogP contribution in [0, 0.1) is 0 Å². The second kappa shape index (κ2) is 4.80. The maximum absolute atomic E-state index is 8.34. The van der Waals surface area contributed by atoms with E-state index < -0.39 is 0 Å². The minimum Gasteiger partial charge on any atom is -0.497 e. The summed E-state index contributed by atoms with van der Waals surface area (Å²) in [5.74, 6) is 0.849. The molecule has 1 aromatic heterocycles. The van der Waals surface area contributed by atoms with Crippen molar-refractivity contribution >= 4 is 10.9 Å². The lowest BCUT2D eigenvalue weighted by Gasteiger charge is -2.20. The summed E-state index contributed by atoms with van der Waals surface area (Å²) in [6.45, 7) is 1.75. The molecular weight excluding hydrogens is 212 g/mol. The molecule has 3 heteroatoms. The van der Waals surface area contributed by atoms with Crippen LogP contribution in [0.25, 0.3) is 10.9 Å². The van der Waals surface area contributed by atoms with E-state index in [-0.39, 0.29) is 12.6 Å². The van der Waals surface area contributed by atoms with Gasteiger partial charge in [0.25, 0.3) is 0 Å². The molecule has 1 heterocycles. The molecule has 0 radical (unpaired) electrons. The number of aromatic nitrogens is 1. The summed E-state index contributed by atoms with van der Waals surface area (Å²) in [6, 6.07) is 8.13. The maximum Gasteiger partial charge on any atom is 0.119 e. The molecule has 0 aliphatic carbocycles. The first-order valence-electron chi connectivity index (χ1n) is 6.35. The SMILES string of the molecule is [2H]C([C@@H](C)N(C)C)n1ccc2cc(OC)ccc21. The Balaban J connectivity index is 2.40. The summed E-state index contributed by atoms with van der Waals surface area (Å²) in [4.78, 5) is 2.06. The molecule has 0 spiro atoms. The Morgan fingerprint density at radius 1 is 1.41 bits per heavy atom. The molecule has 0 bridgehead atoms. The molecule has 0 saturated carbocycles. The van der Waals surface area contributed by atoms with E-state index in [1.807, 2.05) is 49.1 Å². The lowest BCUT2D eigenvalue weighted by Crippen LogP contribution is -2.28. The standard InChI is InChI=1S/C14H20N2O/c1-11(15(2)3)10-16-8-7-12-9-13(17-4)5-6-14(12)16/h5-9,11H,10H2,1-4H3/t11-/m1/s1/i10D/t10?,11-. The highest BCUT2D eigenvalue weighted by molar-refractivity contribution is 5.81. The van der Waals surface area contributed by atoms with Gasteiger partial charge >= 0.3 is 0 Å². The number of ether oxygens (including phenoxy) is 1. The Morgan fingerprint density at radius 2 is 2.18 bits per heavy atom. The number of benzene rings is 1. The van der Waals surface area contributed by atoms with Gasteiger partial charge in [-0.1, -0.05) is 0 Å². The predicted molar refractivity (Wildman–Crippen MR) is 71.6 cm³/mol. The molecule has 0 amide bonds. The second-order valence-corrected chi connectivity index (χ2v) is 4.50. The van der Waals surface area contributed by atoms with Crippen molar-refractivity contribution in [1.29, 1.82) is 0 Å². The maximum atomic E-state index is 8.34. The van der Waals surface area contributed by atoms with Crippen molar-refractivity contribution in [2.24, 2.45) is 0 Å². The third kappa shape index (κ3) is 2.44. The zero-order chi connectivity index (χ0) is 13.3. The smallest absolute Gasteiger partial charge is 0.119 e. The van der Waals surface area contributed by atoms with Gasteiger partial charge in [0, 0.05) is 29.7 Å². The van der Waals surface area contributed by atoms with Gasteiger partial charge in [-0.2, -0.15) is 0 Å². The number of methoxy groups -OCH3 is 1. The van der Waals surface area contributed by atoms with Gasteiger partial charge in [0.05, 0.1) is 8.48 Å². The molecule has 2 atom stereocenters. The molecule has 1 unspecified atom stereocenters. The van der Waals surface area contributed by atoms with Crippen LogP contribution in [0.2, 0.25) is 0 Å². The van der Waals surface area contributed by atoms with E-state index in [0.717, 1.165) is 16.7 Å². The molecule has 2 rings (SSSR count). The quantitative estimate of drug-likeness (QED) is 0.807. The van der Waals surface area contributed by atoms with Gasteiger partial charge in [0.15, 0.2) is 0 Å². The average molecular weight is 233 g/mol. The Bertz CT molecular complexity index is 536. The lowest BCUT2D eigenvalue weighted by molar-refractivity contribution is 0.286. The normalized spacial score (nSPS) is 15.9. The zero-order valence-corrected chi connectivity index (χ0v) is 10.8. The minimum atomic E-state index is -0.314. The molecule has 0 saturated heterocycles. The van der Waals surface area contributed by atoms with Crippen molar-refractivity contribution < 1.29 is 6.11 Å². The van der Waals surface area contributed by atoms with Crippen molar-refractivity contribution in [1.82, 2.24) is 9.47 Å². The van der Waals surface area contributed by atoms with E-state index in [1.54, 1.807) is 7.11 Å². The fourth-order valence-electron chi connectivity index (χ4n) is 1.76. The third-order valence-electron chi connectivity index (χ3n) is 3.12. The summed E-state index contributed by atoms with van der Waals surface area (Å²) in [5, 5.41) is 1.11. The van der Waals surface area contributed by atoms with Crippen molar-refractivity contribution in [3.8, 4) is 5.75 Å². The van der Waals surface area contributed by atoms with Gasteiger partial charge in [-0.25, -0.2) is 0 Å². The molecule has 0 fully saturated rings. The molecule has 0 aliphatic rings. The average Bonchev–Trinajstić information content (AvgIpc) is 2.79. The van der Waals surface area contributed by atoms with E-state index in [4.69, 9.17) is 6.11 Å². The summed E-state index contributed by atoms with van der Waals surface area (Å²) in [7, 11) is 5.67. The highest BCUT2D eigenvalue weighted by Crippen LogP contribution is 2.22. The number of rotatable bonds is 4. The van der Waals surface area contributed by atoms with Crippen LogP contribution in [0.4, 0.5) is 0 Å². The van der Waals surface area contributed by atoms with Gasteiger partial charge in [-0.3, -0.25) is 0 Å². The Labute approximate surface area is 104 Å². The van der Waals surface area contributed by atoms with Crippen molar-refractivity contribution in [2.45, 2.75) is 19.5 Å². The minimum absolute atomic E-state index is 0.155. The first kappa shape index (κ1) is 10.7. The number of nitrogens with zero attached hydrogens (tertiary/aromatic N) is 2. The van der Waals surface area contributed by atoms with Crippen LogP contribution in [0.15, 0.2) is 30.5 Å². The van der Waals surface area contributed by atoms with Crippen LogP contribution < -0.4 is 4.74 Å². The monoisotopic (exact) mass is 233 g/mol. The number of fused-ring (bicyclic) bond motifs is 1. The zero-order valence-electron chi connectivity index (χ0n) is 11.8. The van der Waals surface area contributed by atoms with Gasteiger partial charge < -0.3 is 14.2 Å². The highest BCUT2D eigenvalue weighted by atomic mass is 16.5. The fraction of sp³-hybridized carbons (Fsp3) is 0.429. The first-order valence-corrected chi connectivity index (χ1v) is 5.78.